The molecule has 0 aromatic heterocycles. The summed E-state index contributed by atoms with van der Waals surface area (Å²) in [5.74, 6) is -0.0718. The van der Waals surface area contributed by atoms with Crippen LogP contribution in [0.2, 0.25) is 0 Å². The highest BCUT2D eigenvalue weighted by Gasteiger charge is 2.47. The summed E-state index contributed by atoms with van der Waals surface area (Å²) in [6, 6.07) is 0. The average molecular weight is 340 g/mol. The van der Waals surface area contributed by atoms with Crippen LogP contribution in [0.15, 0.2) is 0 Å². The van der Waals surface area contributed by atoms with Crippen LogP contribution in [0.1, 0.15) is 40.5 Å². The first-order valence-corrected chi connectivity index (χ1v) is 7.22. The zero-order valence-corrected chi connectivity index (χ0v) is 12.8. The molecule has 1 heterocycles. The SMILES string of the molecule is CC(I)C(=O)OC1(C(C)(C)C)CC[NH2+]CC1. The van der Waals surface area contributed by atoms with E-state index in [9.17, 15) is 4.79 Å². The van der Waals surface area contributed by atoms with Crippen LogP contribution in [0.25, 0.3) is 0 Å². The number of alkyl halides is 1. The highest BCUT2D eigenvalue weighted by molar-refractivity contribution is 14.1. The first kappa shape index (κ1) is 14.2. The van der Waals surface area contributed by atoms with Crippen LogP contribution < -0.4 is 5.32 Å². The smallest absolute Gasteiger partial charge is 0.319 e. The number of piperidine rings is 1. The number of rotatable bonds is 2. The number of ether oxygens (including phenoxy) is 1. The summed E-state index contributed by atoms with van der Waals surface area (Å²) < 4.78 is 5.77. The maximum Gasteiger partial charge on any atom is 0.319 e. The molecule has 1 aliphatic heterocycles. The molecule has 1 saturated heterocycles. The second-order valence-electron chi connectivity index (χ2n) is 5.65. The molecule has 0 amide bonds. The van der Waals surface area contributed by atoms with Gasteiger partial charge in [-0.05, 0) is 6.92 Å². The van der Waals surface area contributed by atoms with Crippen molar-refractivity contribution in [3.05, 3.63) is 0 Å². The lowest BCUT2D eigenvalue weighted by molar-refractivity contribution is -0.669. The highest BCUT2D eigenvalue weighted by atomic mass is 127. The lowest BCUT2D eigenvalue weighted by atomic mass is 9.71. The molecule has 3 nitrogen and oxygen atoms in total. The van der Waals surface area contributed by atoms with E-state index in [-0.39, 0.29) is 20.9 Å². The molecule has 1 fully saturated rings. The summed E-state index contributed by atoms with van der Waals surface area (Å²) >= 11 is 2.12. The number of halogens is 1. The van der Waals surface area contributed by atoms with E-state index < -0.39 is 0 Å². The maximum absolute atomic E-state index is 11.8. The fraction of sp³-hybridized carbons (Fsp3) is 0.917. The van der Waals surface area contributed by atoms with Gasteiger partial charge in [0.2, 0.25) is 0 Å². The Balaban J connectivity index is 2.83. The van der Waals surface area contributed by atoms with E-state index in [4.69, 9.17) is 4.74 Å². The van der Waals surface area contributed by atoms with Crippen molar-refractivity contribution in [1.82, 2.24) is 0 Å². The summed E-state index contributed by atoms with van der Waals surface area (Å²) in [4.78, 5) is 11.8. The Labute approximate surface area is 112 Å². The lowest BCUT2D eigenvalue weighted by Crippen LogP contribution is -2.88. The van der Waals surface area contributed by atoms with Crippen LogP contribution >= 0.6 is 22.6 Å². The molecular formula is C12H23INO2+. The van der Waals surface area contributed by atoms with E-state index in [0.717, 1.165) is 25.9 Å². The molecule has 1 rings (SSSR count). The van der Waals surface area contributed by atoms with Gasteiger partial charge in [0, 0.05) is 18.3 Å². The van der Waals surface area contributed by atoms with E-state index in [0.29, 0.717) is 0 Å². The lowest BCUT2D eigenvalue weighted by Gasteiger charge is -2.45. The third kappa shape index (κ3) is 3.09. The Kier molecular flexibility index (Phi) is 4.63. The molecule has 0 spiro atoms. The van der Waals surface area contributed by atoms with Gasteiger partial charge in [0.1, 0.15) is 9.53 Å². The summed E-state index contributed by atoms with van der Waals surface area (Å²) in [5, 5.41) is 2.30. The van der Waals surface area contributed by atoms with Gasteiger partial charge in [0.05, 0.1) is 13.1 Å². The predicted octanol–water partition coefficient (Wildman–Crippen LogP) is 1.50. The molecule has 1 aliphatic rings. The van der Waals surface area contributed by atoms with Gasteiger partial charge in [-0.3, -0.25) is 4.79 Å². The number of quaternary nitrogens is 1. The van der Waals surface area contributed by atoms with Crippen LogP contribution in [0.5, 0.6) is 0 Å². The topological polar surface area (TPSA) is 42.9 Å². The van der Waals surface area contributed by atoms with Crippen molar-refractivity contribution >= 4 is 28.6 Å². The van der Waals surface area contributed by atoms with Gasteiger partial charge >= 0.3 is 5.97 Å². The summed E-state index contributed by atoms with van der Waals surface area (Å²) in [5.41, 5.74) is -0.249. The minimum absolute atomic E-state index is 0.0163. The van der Waals surface area contributed by atoms with Crippen molar-refractivity contribution in [2.24, 2.45) is 5.41 Å². The second-order valence-corrected chi connectivity index (χ2v) is 7.52. The van der Waals surface area contributed by atoms with E-state index in [1.54, 1.807) is 0 Å². The van der Waals surface area contributed by atoms with Crippen molar-refractivity contribution in [1.29, 1.82) is 0 Å². The molecular weight excluding hydrogens is 317 g/mol. The van der Waals surface area contributed by atoms with Crippen molar-refractivity contribution in [3.8, 4) is 0 Å². The monoisotopic (exact) mass is 340 g/mol. The predicted molar refractivity (Wildman–Crippen MR) is 72.7 cm³/mol. The molecule has 1 unspecified atom stereocenters. The normalized spacial score (nSPS) is 22.6. The third-order valence-corrected chi connectivity index (χ3v) is 4.00. The first-order chi connectivity index (χ1) is 7.28. The van der Waals surface area contributed by atoms with Gasteiger partial charge in [0.15, 0.2) is 0 Å². The van der Waals surface area contributed by atoms with Crippen LogP contribution in [-0.2, 0) is 9.53 Å². The van der Waals surface area contributed by atoms with Crippen LogP contribution in [0.4, 0.5) is 0 Å². The van der Waals surface area contributed by atoms with E-state index in [2.05, 4.69) is 48.7 Å². The molecule has 0 radical (unpaired) electrons. The van der Waals surface area contributed by atoms with Gasteiger partial charge in [-0.15, -0.1) is 0 Å². The van der Waals surface area contributed by atoms with Crippen molar-refractivity contribution in [2.75, 3.05) is 13.1 Å². The number of hydrogen-bond donors (Lipinski definition) is 1. The quantitative estimate of drug-likeness (QED) is 0.470. The van der Waals surface area contributed by atoms with Crippen molar-refractivity contribution in [3.63, 3.8) is 0 Å². The molecule has 2 N–H and O–H groups in total. The van der Waals surface area contributed by atoms with Crippen LogP contribution in [-0.4, -0.2) is 28.6 Å². The molecule has 1 atom stereocenters. The minimum atomic E-state index is -0.266. The van der Waals surface area contributed by atoms with Gasteiger partial charge in [-0.1, -0.05) is 43.4 Å². The Morgan fingerprint density at radius 1 is 1.38 bits per heavy atom. The highest BCUT2D eigenvalue weighted by Crippen LogP contribution is 2.40. The van der Waals surface area contributed by atoms with E-state index in [1.807, 2.05) is 6.92 Å². The summed E-state index contributed by atoms with van der Waals surface area (Å²) in [6.45, 7) is 10.5. The number of esters is 1. The summed E-state index contributed by atoms with van der Waals surface area (Å²) in [7, 11) is 0. The number of nitrogens with two attached hydrogens (primary N) is 1. The summed E-state index contributed by atoms with van der Waals surface area (Å²) in [6.07, 6.45) is 1.93. The van der Waals surface area contributed by atoms with E-state index >= 15 is 0 Å². The Hall–Kier alpha value is 0.160. The Morgan fingerprint density at radius 2 is 1.88 bits per heavy atom. The van der Waals surface area contributed by atoms with E-state index in [1.165, 1.54) is 0 Å². The van der Waals surface area contributed by atoms with Gasteiger partial charge < -0.3 is 10.1 Å². The van der Waals surface area contributed by atoms with Crippen molar-refractivity contribution in [2.45, 2.75) is 50.1 Å². The van der Waals surface area contributed by atoms with Gasteiger partial charge in [0.25, 0.3) is 0 Å². The number of hydrogen-bond acceptors (Lipinski definition) is 2. The zero-order chi connectivity index (χ0) is 12.4. The molecule has 0 aromatic rings. The number of carbonyl (C=O) groups excluding carboxylic acids is 1. The van der Waals surface area contributed by atoms with Crippen molar-refractivity contribution < 1.29 is 14.8 Å². The molecule has 0 saturated carbocycles. The second kappa shape index (κ2) is 5.21. The Bertz CT molecular complexity index is 252. The maximum atomic E-state index is 11.8. The molecule has 0 aromatic carbocycles. The van der Waals surface area contributed by atoms with Crippen LogP contribution in [0, 0.1) is 5.41 Å². The zero-order valence-electron chi connectivity index (χ0n) is 10.7. The minimum Gasteiger partial charge on any atom is -0.457 e. The number of carbonyl (C=O) groups is 1. The van der Waals surface area contributed by atoms with Gasteiger partial charge in [-0.2, -0.15) is 0 Å². The molecule has 16 heavy (non-hydrogen) atoms. The standard InChI is InChI=1S/C12H22INO2/c1-9(13)10(15)16-12(11(2,3)4)5-7-14-8-6-12/h9,14H,5-8H2,1-4H3/p+1. The fourth-order valence-electron chi connectivity index (χ4n) is 2.22. The largest absolute Gasteiger partial charge is 0.457 e. The van der Waals surface area contributed by atoms with Crippen LogP contribution in [0.3, 0.4) is 0 Å². The first-order valence-electron chi connectivity index (χ1n) is 5.97. The third-order valence-electron chi connectivity index (χ3n) is 3.49. The fourth-order valence-corrected chi connectivity index (χ4v) is 2.35. The molecule has 94 valence electrons. The molecule has 4 heteroatoms. The molecule has 0 aliphatic carbocycles. The molecule has 0 bridgehead atoms. The Morgan fingerprint density at radius 3 is 2.25 bits per heavy atom. The average Bonchev–Trinajstić information content (AvgIpc) is 2.17. The van der Waals surface area contributed by atoms with Gasteiger partial charge in [-0.25, -0.2) is 0 Å².